The molecule has 1 heterocycles. The van der Waals surface area contributed by atoms with Crippen LogP contribution in [0.1, 0.15) is 0 Å². The summed E-state index contributed by atoms with van der Waals surface area (Å²) in [6, 6.07) is 0.867. The summed E-state index contributed by atoms with van der Waals surface area (Å²) in [5, 5.41) is 3.34. The molecule has 0 unspecified atom stereocenters. The molecule has 0 aromatic carbocycles. The normalized spacial score (nSPS) is 12.4. The number of ether oxygens (including phenoxy) is 1. The van der Waals surface area contributed by atoms with Crippen molar-refractivity contribution in [2.24, 2.45) is 0 Å². The van der Waals surface area contributed by atoms with Gasteiger partial charge in [0.25, 0.3) is 0 Å². The van der Waals surface area contributed by atoms with Gasteiger partial charge in [-0.25, -0.2) is 4.68 Å². The van der Waals surface area contributed by atoms with E-state index in [-0.39, 0.29) is 58.1 Å². The molecule has 104 valence electrons. The van der Waals surface area contributed by atoms with Crippen LogP contribution in [0, 0.1) is 5.95 Å². The maximum absolute atomic E-state index is 13.3. The fourth-order valence-electron chi connectivity index (χ4n) is 1.22. The Morgan fingerprint density at radius 2 is 1.89 bits per heavy atom. The number of rotatable bonds is 6. The van der Waals surface area contributed by atoms with E-state index >= 15 is 0 Å². The molecule has 0 aliphatic rings. The Hall–Kier alpha value is 0.808. The van der Waals surface area contributed by atoms with Crippen molar-refractivity contribution in [3.8, 4) is 0 Å². The number of hydrogen-bond acceptors (Lipinski definition) is 2. The second kappa shape index (κ2) is 7.71. The minimum absolute atomic E-state index is 0. The Labute approximate surface area is 153 Å². The minimum atomic E-state index is -5.36. The van der Waals surface area contributed by atoms with Gasteiger partial charge < -0.3 is 17.7 Å². The van der Waals surface area contributed by atoms with E-state index in [1.165, 1.54) is 0 Å². The van der Waals surface area contributed by atoms with Crippen LogP contribution in [-0.4, -0.2) is 31.4 Å². The van der Waals surface area contributed by atoms with Gasteiger partial charge in [-0.3, -0.25) is 0 Å². The number of aromatic nitrogens is 2. The molecule has 1 aromatic rings. The first-order chi connectivity index (χ1) is 8.11. The molecule has 0 saturated carbocycles. The van der Waals surface area contributed by atoms with Crippen LogP contribution in [-0.2, 0) is 11.5 Å². The molecule has 0 atom stereocenters. The standard InChI is InChI=1S/C9H16BF4N2OSi.K/c1-18(2,3)5-4-17-7-16-9(11)8(6-15-16)10(12,13)14;/h6H,4-5,7H2,1-3H3;/q-1;+1. The van der Waals surface area contributed by atoms with Crippen molar-refractivity contribution in [3.63, 3.8) is 0 Å². The maximum Gasteiger partial charge on any atom is 1.00 e. The SMILES string of the molecule is C[Si](C)(C)CCOCn1ncc([B-](F)(F)F)c1F.[K+]. The molecule has 0 N–H and O–H groups in total. The summed E-state index contributed by atoms with van der Waals surface area (Å²) in [7, 11) is -1.26. The van der Waals surface area contributed by atoms with Crippen LogP contribution in [0.4, 0.5) is 17.3 Å². The second-order valence-corrected chi connectivity index (χ2v) is 10.9. The first kappa shape index (κ1) is 19.8. The number of halogens is 4. The van der Waals surface area contributed by atoms with E-state index in [0.29, 0.717) is 17.5 Å². The molecule has 0 spiro atoms. The molecule has 0 fully saturated rings. The monoisotopic (exact) mass is 322 g/mol. The topological polar surface area (TPSA) is 27.1 Å². The van der Waals surface area contributed by atoms with Crippen LogP contribution >= 0.6 is 0 Å². The van der Waals surface area contributed by atoms with Crippen molar-refractivity contribution >= 4 is 20.5 Å². The minimum Gasteiger partial charge on any atom is -0.445 e. The van der Waals surface area contributed by atoms with Crippen molar-refractivity contribution in [1.82, 2.24) is 9.78 Å². The quantitative estimate of drug-likeness (QED) is 0.397. The Bertz CT molecular complexity index is 408. The molecule has 0 aliphatic carbocycles. The molecule has 0 saturated heterocycles. The maximum atomic E-state index is 13.3. The molecule has 0 bridgehead atoms. The van der Waals surface area contributed by atoms with Gasteiger partial charge in [0, 0.05) is 20.9 Å². The van der Waals surface area contributed by atoms with Crippen LogP contribution in [0.15, 0.2) is 6.20 Å². The second-order valence-electron chi connectivity index (χ2n) is 5.31. The summed E-state index contributed by atoms with van der Waals surface area (Å²) in [5.41, 5.74) is -1.30. The smallest absolute Gasteiger partial charge is 0.445 e. The van der Waals surface area contributed by atoms with E-state index < -0.39 is 26.5 Å². The predicted molar refractivity (Wildman–Crippen MR) is 65.0 cm³/mol. The third kappa shape index (κ3) is 6.87. The van der Waals surface area contributed by atoms with Crippen molar-refractivity contribution in [3.05, 3.63) is 12.1 Å². The van der Waals surface area contributed by atoms with Gasteiger partial charge in [-0.05, 0) is 11.5 Å². The Morgan fingerprint density at radius 3 is 2.32 bits per heavy atom. The van der Waals surface area contributed by atoms with Gasteiger partial charge in [0.05, 0.1) is 0 Å². The van der Waals surface area contributed by atoms with E-state index in [2.05, 4.69) is 24.7 Å². The summed E-state index contributed by atoms with van der Waals surface area (Å²) in [6.07, 6.45) is 0.497. The van der Waals surface area contributed by atoms with E-state index in [4.69, 9.17) is 4.74 Å². The van der Waals surface area contributed by atoms with E-state index in [0.717, 1.165) is 6.04 Å². The average molecular weight is 322 g/mol. The summed E-state index contributed by atoms with van der Waals surface area (Å²) in [6.45, 7) is 1.20. The molecular weight excluding hydrogens is 306 g/mol. The molecule has 1 rings (SSSR count). The zero-order valence-corrected chi connectivity index (χ0v) is 15.7. The summed E-state index contributed by atoms with van der Waals surface area (Å²) < 4.78 is 56.1. The van der Waals surface area contributed by atoms with Crippen LogP contribution in [0.2, 0.25) is 25.7 Å². The van der Waals surface area contributed by atoms with Gasteiger partial charge in [0.15, 0.2) is 5.95 Å². The number of nitrogens with zero attached hydrogens (tertiary/aromatic N) is 2. The molecular formula is C9H16BF4KN2OSi. The molecule has 1 aromatic heterocycles. The summed E-state index contributed by atoms with van der Waals surface area (Å²) in [5.74, 6) is -1.38. The third-order valence-electron chi connectivity index (χ3n) is 2.36. The zero-order chi connectivity index (χ0) is 14.0. The van der Waals surface area contributed by atoms with Crippen molar-refractivity contribution in [1.29, 1.82) is 0 Å². The van der Waals surface area contributed by atoms with Gasteiger partial charge in [-0.1, -0.05) is 19.6 Å². The summed E-state index contributed by atoms with van der Waals surface area (Å²) >= 11 is 0. The Kier molecular flexibility index (Phi) is 8.04. The van der Waals surface area contributed by atoms with Crippen molar-refractivity contribution < 1.29 is 73.5 Å². The van der Waals surface area contributed by atoms with E-state index in [1.54, 1.807) is 0 Å². The predicted octanol–water partition coefficient (Wildman–Crippen LogP) is -0.607. The largest absolute Gasteiger partial charge is 1.00 e. The first-order valence-electron chi connectivity index (χ1n) is 5.60. The molecule has 0 radical (unpaired) electrons. The molecule has 10 heteroatoms. The van der Waals surface area contributed by atoms with E-state index in [1.807, 2.05) is 0 Å². The fraction of sp³-hybridized carbons (Fsp3) is 0.667. The first-order valence-corrected chi connectivity index (χ1v) is 9.31. The van der Waals surface area contributed by atoms with Gasteiger partial charge in [-0.15, -0.1) is 0 Å². The van der Waals surface area contributed by atoms with Gasteiger partial charge in [-0.2, -0.15) is 9.49 Å². The molecule has 0 aliphatic heterocycles. The van der Waals surface area contributed by atoms with Crippen LogP contribution in [0.5, 0.6) is 0 Å². The molecule has 0 amide bonds. The van der Waals surface area contributed by atoms with Crippen LogP contribution < -0.4 is 56.8 Å². The van der Waals surface area contributed by atoms with Gasteiger partial charge >= 0.3 is 58.4 Å². The Balaban J connectivity index is 0.00000324. The fourth-order valence-corrected chi connectivity index (χ4v) is 1.98. The zero-order valence-electron chi connectivity index (χ0n) is 11.6. The van der Waals surface area contributed by atoms with Crippen molar-refractivity contribution in [2.45, 2.75) is 32.4 Å². The molecule has 3 nitrogen and oxygen atoms in total. The third-order valence-corrected chi connectivity index (χ3v) is 4.07. The van der Waals surface area contributed by atoms with Crippen LogP contribution in [0.3, 0.4) is 0 Å². The number of hydrogen-bond donors (Lipinski definition) is 0. The van der Waals surface area contributed by atoms with Crippen LogP contribution in [0.25, 0.3) is 0 Å². The average Bonchev–Trinajstić information content (AvgIpc) is 2.53. The van der Waals surface area contributed by atoms with E-state index in [9.17, 15) is 17.3 Å². The van der Waals surface area contributed by atoms with Gasteiger partial charge in [0.1, 0.15) is 6.73 Å². The Morgan fingerprint density at radius 1 is 1.32 bits per heavy atom. The van der Waals surface area contributed by atoms with Gasteiger partial charge in [0.2, 0.25) is 0 Å². The summed E-state index contributed by atoms with van der Waals surface area (Å²) in [4.78, 5) is 0. The van der Waals surface area contributed by atoms with Crippen molar-refractivity contribution in [2.75, 3.05) is 6.61 Å². The molecule has 19 heavy (non-hydrogen) atoms.